The molecule has 0 saturated carbocycles. The van der Waals surface area contributed by atoms with Gasteiger partial charge in [0.05, 0.1) is 7.11 Å². The van der Waals surface area contributed by atoms with E-state index in [1.165, 1.54) is 9.13 Å². The first-order chi connectivity index (χ1) is 15.3. The predicted octanol–water partition coefficient (Wildman–Crippen LogP) is 5.26. The lowest BCUT2D eigenvalue weighted by atomic mass is 9.96. The molecule has 0 N–H and O–H groups in total. The van der Waals surface area contributed by atoms with Crippen molar-refractivity contribution < 1.29 is 9.53 Å². The molecule has 0 spiro atoms. The lowest BCUT2D eigenvalue weighted by molar-refractivity contribution is 0.105. The highest BCUT2D eigenvalue weighted by Gasteiger charge is 2.14. The van der Waals surface area contributed by atoms with Crippen molar-refractivity contribution in [2.45, 2.75) is 6.42 Å². The molecule has 0 aliphatic rings. The summed E-state index contributed by atoms with van der Waals surface area (Å²) in [5.74, 6) is 6.40. The van der Waals surface area contributed by atoms with E-state index < -0.39 is 0 Å². The number of benzene rings is 3. The Kier molecular flexibility index (Phi) is 7.81. The highest BCUT2D eigenvalue weighted by atomic mass is 127. The van der Waals surface area contributed by atoms with E-state index in [2.05, 4.69) is 57.5 Å². The minimum absolute atomic E-state index is 0.181. The number of ketones is 1. The van der Waals surface area contributed by atoms with E-state index in [0.717, 1.165) is 28.3 Å². The fraction of sp³-hybridized carbons (Fsp3) is 0.222. The summed E-state index contributed by atoms with van der Waals surface area (Å²) in [5, 5.41) is 0. The Balaban J connectivity index is 1.94. The van der Waals surface area contributed by atoms with Crippen molar-refractivity contribution in [2.75, 3.05) is 45.1 Å². The summed E-state index contributed by atoms with van der Waals surface area (Å²) in [6, 6.07) is 19.8. The van der Waals surface area contributed by atoms with Crippen molar-refractivity contribution in [1.82, 2.24) is 0 Å². The number of rotatable bonds is 6. The van der Waals surface area contributed by atoms with Gasteiger partial charge in [0.15, 0.2) is 0 Å². The van der Waals surface area contributed by atoms with Crippen LogP contribution in [0, 0.1) is 15.4 Å². The number of carbonyl (C=O) groups is 1. The molecule has 32 heavy (non-hydrogen) atoms. The molecule has 4 nitrogen and oxygen atoms in total. The van der Waals surface area contributed by atoms with Crippen molar-refractivity contribution in [2.24, 2.45) is 0 Å². The number of halogens is 1. The molecule has 5 heteroatoms. The van der Waals surface area contributed by atoms with E-state index in [1.807, 2.05) is 75.6 Å². The molecule has 0 aromatic heterocycles. The van der Waals surface area contributed by atoms with E-state index in [-0.39, 0.29) is 5.78 Å². The van der Waals surface area contributed by atoms with Gasteiger partial charge in [0, 0.05) is 54.3 Å². The fourth-order valence-electron chi connectivity index (χ4n) is 3.24. The first-order valence-electron chi connectivity index (χ1n) is 10.2. The standard InChI is InChI=1S/C27H27IN2O2/c1-29(2)22-11-9-20(16-21-10-12-23(30(3)4)18-26(21)28)25(17-22)27(31)15-8-19-6-13-24(32-5)14-7-19/h6-7,9-14,17-18H,16H2,1-5H3. The molecule has 0 radical (unpaired) electrons. The number of carbonyl (C=O) groups excluding carboxylic acids is 1. The summed E-state index contributed by atoms with van der Waals surface area (Å²) < 4.78 is 6.35. The second kappa shape index (κ2) is 10.6. The molecule has 0 unspecified atom stereocenters. The Hall–Kier alpha value is -2.98. The van der Waals surface area contributed by atoms with E-state index in [0.29, 0.717) is 12.0 Å². The van der Waals surface area contributed by atoms with Gasteiger partial charge in [-0.25, -0.2) is 0 Å². The molecule has 0 fully saturated rings. The maximum Gasteiger partial charge on any atom is 0.236 e. The van der Waals surface area contributed by atoms with Gasteiger partial charge in [-0.15, -0.1) is 0 Å². The minimum atomic E-state index is -0.181. The number of Topliss-reactive ketones (excluding diaryl/α,β-unsaturated/α-hetero) is 1. The molecule has 3 rings (SSSR count). The zero-order chi connectivity index (χ0) is 23.3. The van der Waals surface area contributed by atoms with Gasteiger partial charge in [0.25, 0.3) is 0 Å². The third-order valence-corrected chi connectivity index (χ3v) is 6.20. The zero-order valence-corrected chi connectivity index (χ0v) is 21.2. The molecule has 0 bridgehead atoms. The summed E-state index contributed by atoms with van der Waals surface area (Å²) in [6.45, 7) is 0. The number of hydrogen-bond acceptors (Lipinski definition) is 4. The Morgan fingerprint density at radius 1 is 0.875 bits per heavy atom. The molecular formula is C27H27IN2O2. The number of anilines is 2. The predicted molar refractivity (Wildman–Crippen MR) is 141 cm³/mol. The van der Waals surface area contributed by atoms with Crippen LogP contribution >= 0.6 is 22.6 Å². The Bertz CT molecular complexity index is 1170. The van der Waals surface area contributed by atoms with Crippen LogP contribution in [0.1, 0.15) is 27.0 Å². The maximum absolute atomic E-state index is 13.1. The summed E-state index contributed by atoms with van der Waals surface area (Å²) in [6.07, 6.45) is 0.672. The van der Waals surface area contributed by atoms with Crippen molar-refractivity contribution in [3.63, 3.8) is 0 Å². The minimum Gasteiger partial charge on any atom is -0.497 e. The van der Waals surface area contributed by atoms with E-state index >= 15 is 0 Å². The third-order valence-electron chi connectivity index (χ3n) is 5.20. The number of nitrogens with zero attached hydrogens (tertiary/aromatic N) is 2. The van der Waals surface area contributed by atoms with Crippen molar-refractivity contribution >= 4 is 39.7 Å². The van der Waals surface area contributed by atoms with Crippen molar-refractivity contribution in [3.8, 4) is 17.6 Å². The van der Waals surface area contributed by atoms with Crippen LogP contribution in [0.5, 0.6) is 5.75 Å². The molecule has 0 aliphatic heterocycles. The van der Waals surface area contributed by atoms with Gasteiger partial charge in [-0.05, 0) is 94.6 Å². The highest BCUT2D eigenvalue weighted by molar-refractivity contribution is 14.1. The SMILES string of the molecule is COc1ccc(C#CC(=O)c2cc(N(C)C)ccc2Cc2ccc(N(C)C)cc2I)cc1. The first kappa shape index (κ1) is 23.7. The molecule has 164 valence electrons. The number of ether oxygens (including phenoxy) is 1. The van der Waals surface area contributed by atoms with Gasteiger partial charge in [0.1, 0.15) is 5.75 Å². The summed E-state index contributed by atoms with van der Waals surface area (Å²) in [4.78, 5) is 17.2. The average Bonchev–Trinajstić information content (AvgIpc) is 2.79. The first-order valence-corrected chi connectivity index (χ1v) is 11.3. The quantitative estimate of drug-likeness (QED) is 0.244. The topological polar surface area (TPSA) is 32.8 Å². The maximum atomic E-state index is 13.1. The zero-order valence-electron chi connectivity index (χ0n) is 19.1. The number of hydrogen-bond donors (Lipinski definition) is 0. The normalized spacial score (nSPS) is 10.2. The van der Waals surface area contributed by atoms with E-state index in [1.54, 1.807) is 7.11 Å². The Morgan fingerprint density at radius 2 is 1.47 bits per heavy atom. The van der Waals surface area contributed by atoms with Crippen LogP contribution in [0.4, 0.5) is 11.4 Å². The van der Waals surface area contributed by atoms with Crippen molar-refractivity contribution in [3.05, 3.63) is 86.5 Å². The average molecular weight is 538 g/mol. The second-order valence-electron chi connectivity index (χ2n) is 7.89. The second-order valence-corrected chi connectivity index (χ2v) is 9.05. The summed E-state index contributed by atoms with van der Waals surface area (Å²) in [7, 11) is 9.62. The van der Waals surface area contributed by atoms with Crippen LogP contribution < -0.4 is 14.5 Å². The van der Waals surface area contributed by atoms with Crippen molar-refractivity contribution in [1.29, 1.82) is 0 Å². The molecule has 0 heterocycles. The van der Waals surface area contributed by atoms with Crippen LogP contribution in [-0.4, -0.2) is 41.1 Å². The number of methoxy groups -OCH3 is 1. The van der Waals surface area contributed by atoms with Gasteiger partial charge in [-0.3, -0.25) is 4.79 Å². The molecule has 0 amide bonds. The van der Waals surface area contributed by atoms with E-state index in [4.69, 9.17) is 4.74 Å². The smallest absolute Gasteiger partial charge is 0.236 e. The Labute approximate surface area is 204 Å². The molecule has 0 atom stereocenters. The summed E-state index contributed by atoms with van der Waals surface area (Å²) >= 11 is 2.36. The lowest BCUT2D eigenvalue weighted by Gasteiger charge is -2.17. The third kappa shape index (κ3) is 5.83. The lowest BCUT2D eigenvalue weighted by Crippen LogP contribution is -2.12. The van der Waals surface area contributed by atoms with Gasteiger partial charge in [0.2, 0.25) is 5.78 Å². The van der Waals surface area contributed by atoms with Gasteiger partial charge in [-0.1, -0.05) is 18.1 Å². The molecule has 0 aliphatic carbocycles. The largest absolute Gasteiger partial charge is 0.497 e. The molecule has 3 aromatic rings. The molecular weight excluding hydrogens is 511 g/mol. The monoisotopic (exact) mass is 538 g/mol. The highest BCUT2D eigenvalue weighted by Crippen LogP contribution is 2.26. The molecule has 3 aromatic carbocycles. The fourth-order valence-corrected chi connectivity index (χ4v) is 3.93. The van der Waals surface area contributed by atoms with Crippen LogP contribution in [0.3, 0.4) is 0 Å². The molecule has 0 saturated heterocycles. The Morgan fingerprint density at radius 3 is 2.03 bits per heavy atom. The van der Waals surface area contributed by atoms with Crippen LogP contribution in [0.2, 0.25) is 0 Å². The van der Waals surface area contributed by atoms with Gasteiger partial charge in [-0.2, -0.15) is 0 Å². The van der Waals surface area contributed by atoms with Gasteiger partial charge >= 0.3 is 0 Å². The van der Waals surface area contributed by atoms with Crippen LogP contribution in [0.25, 0.3) is 0 Å². The van der Waals surface area contributed by atoms with Gasteiger partial charge < -0.3 is 14.5 Å². The summed E-state index contributed by atoms with van der Waals surface area (Å²) in [5.41, 5.74) is 5.71. The van der Waals surface area contributed by atoms with Crippen LogP contribution in [-0.2, 0) is 6.42 Å². The van der Waals surface area contributed by atoms with Crippen LogP contribution in [0.15, 0.2) is 60.7 Å². The van der Waals surface area contributed by atoms with E-state index in [9.17, 15) is 4.79 Å².